The van der Waals surface area contributed by atoms with E-state index in [0.29, 0.717) is 0 Å². The van der Waals surface area contributed by atoms with Crippen molar-refractivity contribution < 1.29 is 0 Å². The molecule has 2 nitrogen and oxygen atoms in total. The van der Waals surface area contributed by atoms with Gasteiger partial charge in [-0.3, -0.25) is 4.99 Å². The van der Waals surface area contributed by atoms with Crippen molar-refractivity contribution in [1.29, 1.82) is 0 Å². The van der Waals surface area contributed by atoms with Gasteiger partial charge in [0.05, 0.1) is 18.0 Å². The first kappa shape index (κ1) is 15.1. The summed E-state index contributed by atoms with van der Waals surface area (Å²) in [6, 6.07) is 0. The highest BCUT2D eigenvalue weighted by molar-refractivity contribution is 9.25. The van der Waals surface area contributed by atoms with Crippen molar-refractivity contribution in [3.63, 3.8) is 0 Å². The smallest absolute Gasteiger partial charge is 0.140 e. The van der Waals surface area contributed by atoms with Gasteiger partial charge in [0.25, 0.3) is 0 Å². The van der Waals surface area contributed by atoms with Crippen LogP contribution >= 0.6 is 95.6 Å². The molecule has 0 spiro atoms. The van der Waals surface area contributed by atoms with Crippen LogP contribution < -0.4 is 0 Å². The van der Waals surface area contributed by atoms with Crippen LogP contribution in [0.25, 0.3) is 0 Å². The van der Waals surface area contributed by atoms with Gasteiger partial charge in [0, 0.05) is 6.20 Å². The van der Waals surface area contributed by atoms with Crippen LogP contribution in [-0.4, -0.2) is 28.5 Å². The second kappa shape index (κ2) is 6.87. The van der Waals surface area contributed by atoms with E-state index in [2.05, 4.69) is 105 Å². The van der Waals surface area contributed by atoms with Crippen LogP contribution in [0.15, 0.2) is 16.9 Å². The quantitative estimate of drug-likeness (QED) is 0.335. The fraction of sp³-hybridized carbons (Fsp3) is 0.571. The summed E-state index contributed by atoms with van der Waals surface area (Å²) in [5.41, 5.74) is 1.96. The molecular formula is C7H6Br6N2. The molecule has 0 aromatic rings. The molecule has 1 aliphatic heterocycles. The van der Waals surface area contributed by atoms with Gasteiger partial charge in [-0.05, 0) is 0 Å². The Bertz CT molecular complexity index is 285. The number of hydrogen-bond donors (Lipinski definition) is 0. The molecule has 0 aliphatic carbocycles. The van der Waals surface area contributed by atoms with E-state index >= 15 is 0 Å². The molecule has 1 aliphatic rings. The van der Waals surface area contributed by atoms with Gasteiger partial charge in [0.2, 0.25) is 0 Å². The van der Waals surface area contributed by atoms with Crippen molar-refractivity contribution >= 4 is 101 Å². The zero-order chi connectivity index (χ0) is 11.6. The highest BCUT2D eigenvalue weighted by atomic mass is 79.9. The van der Waals surface area contributed by atoms with Crippen LogP contribution in [0.1, 0.15) is 0 Å². The molecule has 1 rings (SSSR count). The molecule has 15 heavy (non-hydrogen) atoms. The van der Waals surface area contributed by atoms with E-state index in [1.54, 1.807) is 0 Å². The Morgan fingerprint density at radius 2 is 1.67 bits per heavy atom. The first-order valence-electron chi connectivity index (χ1n) is 3.81. The van der Waals surface area contributed by atoms with Crippen molar-refractivity contribution in [1.82, 2.24) is 4.90 Å². The number of rotatable bonds is 3. The van der Waals surface area contributed by atoms with E-state index < -0.39 is 0 Å². The van der Waals surface area contributed by atoms with Crippen molar-refractivity contribution in [3.8, 4) is 0 Å². The Kier molecular flexibility index (Phi) is 6.94. The number of hydrogen-bond acceptors (Lipinski definition) is 2. The maximum absolute atomic E-state index is 4.52. The fourth-order valence-electron chi connectivity index (χ4n) is 0.981. The van der Waals surface area contributed by atoms with Gasteiger partial charge in [-0.2, -0.15) is 0 Å². The van der Waals surface area contributed by atoms with Crippen molar-refractivity contribution in [3.05, 3.63) is 11.9 Å². The summed E-state index contributed by atoms with van der Waals surface area (Å²) >= 11 is 20.7. The molecule has 0 aromatic heterocycles. The van der Waals surface area contributed by atoms with E-state index in [9.17, 15) is 0 Å². The zero-order valence-corrected chi connectivity index (χ0v) is 16.7. The summed E-state index contributed by atoms with van der Waals surface area (Å²) in [4.78, 5) is 6.62. The minimum Gasteiger partial charge on any atom is -0.349 e. The molecule has 0 unspecified atom stereocenters. The molecule has 86 valence electrons. The Labute approximate surface area is 139 Å². The molecule has 8 heteroatoms. The summed E-state index contributed by atoms with van der Waals surface area (Å²) in [5.74, 6) is 0. The van der Waals surface area contributed by atoms with Crippen LogP contribution in [0.4, 0.5) is 0 Å². The number of halogens is 6. The van der Waals surface area contributed by atoms with Crippen LogP contribution in [0.2, 0.25) is 0 Å². The summed E-state index contributed by atoms with van der Waals surface area (Å²) in [5, 5.41) is 0. The number of alkyl halides is 6. The Hall–Kier alpha value is 2.09. The van der Waals surface area contributed by atoms with E-state index in [0.717, 1.165) is 18.0 Å². The lowest BCUT2D eigenvalue weighted by Gasteiger charge is -2.28. The number of allylic oxidation sites excluding steroid dienone is 1. The SMILES string of the molecule is BrC(Br)C1=CN(C(Br)Br)CC(C(Br)Br)=N1. The lowest BCUT2D eigenvalue weighted by Crippen LogP contribution is -2.34. The summed E-state index contributed by atoms with van der Waals surface area (Å²) < 4.78 is 0.247. The van der Waals surface area contributed by atoms with Crippen molar-refractivity contribution in [2.75, 3.05) is 6.54 Å². The molecule has 0 saturated carbocycles. The molecular weight excluding hydrogens is 592 g/mol. The Morgan fingerprint density at radius 3 is 2.07 bits per heavy atom. The van der Waals surface area contributed by atoms with E-state index in [4.69, 9.17) is 0 Å². The molecule has 0 radical (unpaired) electrons. The van der Waals surface area contributed by atoms with Gasteiger partial charge in [-0.15, -0.1) is 0 Å². The predicted molar refractivity (Wildman–Crippen MR) is 87.2 cm³/mol. The molecule has 1 heterocycles. The summed E-state index contributed by atoms with van der Waals surface area (Å²) in [7, 11) is 0. The minimum absolute atomic E-state index is 0.0558. The van der Waals surface area contributed by atoms with Gasteiger partial charge in [-0.1, -0.05) is 95.6 Å². The van der Waals surface area contributed by atoms with Crippen molar-refractivity contribution in [2.24, 2.45) is 4.99 Å². The molecule has 0 bridgehead atoms. The number of nitrogens with zero attached hydrogens (tertiary/aromatic N) is 2. The normalized spacial score (nSPS) is 17.5. The fourth-order valence-corrected chi connectivity index (χ4v) is 2.44. The third kappa shape index (κ3) is 4.69. The van der Waals surface area contributed by atoms with Gasteiger partial charge < -0.3 is 4.90 Å². The zero-order valence-electron chi connectivity index (χ0n) is 7.18. The Balaban J connectivity index is 2.92. The van der Waals surface area contributed by atoms with Gasteiger partial charge in [0.15, 0.2) is 0 Å². The maximum atomic E-state index is 4.52. The van der Waals surface area contributed by atoms with Gasteiger partial charge in [0.1, 0.15) is 11.3 Å². The summed E-state index contributed by atoms with van der Waals surface area (Å²) in [6.07, 6.45) is 1.99. The average Bonchev–Trinajstić information content (AvgIpc) is 2.16. The third-order valence-electron chi connectivity index (χ3n) is 1.64. The highest BCUT2D eigenvalue weighted by Gasteiger charge is 2.22. The second-order valence-corrected chi connectivity index (χ2v) is 11.8. The second-order valence-electron chi connectivity index (χ2n) is 2.71. The largest absolute Gasteiger partial charge is 0.349 e. The van der Waals surface area contributed by atoms with Gasteiger partial charge >= 0.3 is 0 Å². The molecule has 0 aromatic carbocycles. The lowest BCUT2D eigenvalue weighted by molar-refractivity contribution is 0.476. The lowest BCUT2D eigenvalue weighted by atomic mass is 10.3. The third-order valence-corrected chi connectivity index (χ3v) is 4.69. The highest BCUT2D eigenvalue weighted by Crippen LogP contribution is 2.28. The first-order valence-corrected chi connectivity index (χ1v) is 9.30. The summed E-state index contributed by atoms with van der Waals surface area (Å²) in [6.45, 7) is 0.762. The molecule has 0 amide bonds. The van der Waals surface area contributed by atoms with E-state index in [-0.39, 0.29) is 11.3 Å². The van der Waals surface area contributed by atoms with E-state index in [1.807, 2.05) is 6.20 Å². The van der Waals surface area contributed by atoms with Crippen LogP contribution in [0.5, 0.6) is 0 Å². The van der Waals surface area contributed by atoms with Crippen molar-refractivity contribution in [2.45, 2.75) is 11.3 Å². The van der Waals surface area contributed by atoms with Crippen LogP contribution in [0, 0.1) is 0 Å². The van der Waals surface area contributed by atoms with E-state index in [1.165, 1.54) is 0 Å². The number of aliphatic imine (C=N–C) groups is 1. The standard InChI is InChI=1S/C7H6Br6N2/c8-5(9)3-1-15(7(12)13)2-4(14-3)6(10)11/h1,5-7H,2H2. The Morgan fingerprint density at radius 1 is 1.07 bits per heavy atom. The maximum Gasteiger partial charge on any atom is 0.140 e. The van der Waals surface area contributed by atoms with Crippen LogP contribution in [0.3, 0.4) is 0 Å². The predicted octanol–water partition coefficient (Wildman–Crippen LogP) is 4.89. The topological polar surface area (TPSA) is 15.6 Å². The molecule has 0 atom stereocenters. The molecule has 0 N–H and O–H groups in total. The first-order chi connectivity index (χ1) is 6.91. The molecule has 0 fully saturated rings. The van der Waals surface area contributed by atoms with Gasteiger partial charge in [-0.25, -0.2) is 0 Å². The minimum atomic E-state index is 0.0558. The monoisotopic (exact) mass is 592 g/mol. The van der Waals surface area contributed by atoms with Crippen LogP contribution in [-0.2, 0) is 0 Å². The molecule has 0 saturated heterocycles. The average molecular weight is 598 g/mol.